The predicted octanol–water partition coefficient (Wildman–Crippen LogP) is 6.65. The SMILES string of the molecule is CCCCCCCCCOC(=O)CCc1cc(-n2nc3ccccc3n2)c(O)c(C(C)(C)C)c1. The van der Waals surface area contributed by atoms with Crippen molar-refractivity contribution in [2.24, 2.45) is 0 Å². The Labute approximate surface area is 203 Å². The normalized spacial score (nSPS) is 11.8. The number of phenolic OH excluding ortho intramolecular Hbond substituents is 1. The standard InChI is InChI=1S/C28H39N3O3/c1-5-6-7-8-9-10-13-18-34-26(32)17-16-21-19-22(28(2,3)4)27(33)25(20-21)31-29-23-14-11-12-15-24(23)30-31/h11-12,14-15,19-20,33H,5-10,13,16-18H2,1-4H3. The summed E-state index contributed by atoms with van der Waals surface area (Å²) in [6.07, 6.45) is 9.20. The van der Waals surface area contributed by atoms with Gasteiger partial charge in [-0.3, -0.25) is 4.79 Å². The number of benzene rings is 2. The zero-order valence-corrected chi connectivity index (χ0v) is 21.1. The molecule has 0 fully saturated rings. The van der Waals surface area contributed by atoms with Gasteiger partial charge in [0.15, 0.2) is 0 Å². The minimum absolute atomic E-state index is 0.165. The number of aryl methyl sites for hydroxylation is 1. The molecule has 3 rings (SSSR count). The summed E-state index contributed by atoms with van der Waals surface area (Å²) in [5.41, 5.74) is 3.52. The summed E-state index contributed by atoms with van der Waals surface area (Å²) in [7, 11) is 0. The smallest absolute Gasteiger partial charge is 0.306 e. The fourth-order valence-corrected chi connectivity index (χ4v) is 4.08. The molecular weight excluding hydrogens is 426 g/mol. The van der Waals surface area contributed by atoms with Gasteiger partial charge < -0.3 is 9.84 Å². The van der Waals surface area contributed by atoms with E-state index in [1.165, 1.54) is 36.9 Å². The molecule has 6 heteroatoms. The number of aromatic hydroxyl groups is 1. The molecule has 1 aromatic heterocycles. The molecule has 0 radical (unpaired) electrons. The Balaban J connectivity index is 1.64. The molecule has 2 aromatic carbocycles. The number of carbonyl (C=O) groups is 1. The second kappa shape index (κ2) is 12.0. The van der Waals surface area contributed by atoms with Crippen LogP contribution in [-0.2, 0) is 21.4 Å². The van der Waals surface area contributed by atoms with Crippen molar-refractivity contribution in [2.45, 2.75) is 90.9 Å². The van der Waals surface area contributed by atoms with Crippen molar-refractivity contribution in [2.75, 3.05) is 6.61 Å². The summed E-state index contributed by atoms with van der Waals surface area (Å²) in [6.45, 7) is 8.88. The van der Waals surface area contributed by atoms with Crippen LogP contribution in [0, 0.1) is 0 Å². The van der Waals surface area contributed by atoms with Crippen LogP contribution >= 0.6 is 0 Å². The molecule has 0 saturated carbocycles. The molecule has 34 heavy (non-hydrogen) atoms. The topological polar surface area (TPSA) is 77.2 Å². The highest BCUT2D eigenvalue weighted by molar-refractivity contribution is 5.74. The van der Waals surface area contributed by atoms with Gasteiger partial charge in [0.1, 0.15) is 22.5 Å². The molecule has 0 aliphatic carbocycles. The first-order valence-corrected chi connectivity index (χ1v) is 12.6. The van der Waals surface area contributed by atoms with Gasteiger partial charge in [-0.1, -0.05) is 84.4 Å². The number of carbonyl (C=O) groups excluding carboxylic acids is 1. The van der Waals surface area contributed by atoms with E-state index >= 15 is 0 Å². The van der Waals surface area contributed by atoms with Gasteiger partial charge in [-0.2, -0.15) is 0 Å². The molecule has 0 bridgehead atoms. The molecule has 0 saturated heterocycles. The maximum absolute atomic E-state index is 12.3. The van der Waals surface area contributed by atoms with Crippen LogP contribution in [0.15, 0.2) is 36.4 Å². The molecule has 1 N–H and O–H groups in total. The number of ether oxygens (including phenoxy) is 1. The molecular formula is C28H39N3O3. The van der Waals surface area contributed by atoms with Crippen LogP contribution in [-0.4, -0.2) is 32.7 Å². The third-order valence-corrected chi connectivity index (χ3v) is 6.09. The summed E-state index contributed by atoms with van der Waals surface area (Å²) in [5, 5.41) is 20.1. The number of unbranched alkanes of at least 4 members (excludes halogenated alkanes) is 6. The molecule has 0 aliphatic rings. The first-order valence-electron chi connectivity index (χ1n) is 12.6. The maximum Gasteiger partial charge on any atom is 0.306 e. The number of rotatable bonds is 12. The number of nitrogens with zero attached hydrogens (tertiary/aromatic N) is 3. The van der Waals surface area contributed by atoms with Gasteiger partial charge in [-0.05, 0) is 42.0 Å². The lowest BCUT2D eigenvalue weighted by atomic mass is 9.84. The first kappa shape index (κ1) is 25.7. The van der Waals surface area contributed by atoms with Crippen molar-refractivity contribution in [1.29, 1.82) is 0 Å². The second-order valence-corrected chi connectivity index (χ2v) is 10.1. The average molecular weight is 466 g/mol. The molecule has 0 atom stereocenters. The number of aromatic nitrogens is 3. The highest BCUT2D eigenvalue weighted by atomic mass is 16.5. The van der Waals surface area contributed by atoms with Crippen molar-refractivity contribution in [3.63, 3.8) is 0 Å². The summed E-state index contributed by atoms with van der Waals surface area (Å²) in [5.74, 6) is -0.0149. The van der Waals surface area contributed by atoms with Crippen LogP contribution in [0.2, 0.25) is 0 Å². The fraction of sp³-hybridized carbons (Fsp3) is 0.536. The van der Waals surface area contributed by atoms with Crippen LogP contribution in [0.4, 0.5) is 0 Å². The lowest BCUT2D eigenvalue weighted by Gasteiger charge is -2.23. The zero-order valence-electron chi connectivity index (χ0n) is 21.1. The molecule has 0 aliphatic heterocycles. The van der Waals surface area contributed by atoms with Gasteiger partial charge in [-0.25, -0.2) is 0 Å². The molecule has 184 valence electrons. The Morgan fingerprint density at radius 2 is 1.59 bits per heavy atom. The Morgan fingerprint density at radius 1 is 0.971 bits per heavy atom. The van der Waals surface area contributed by atoms with E-state index in [1.807, 2.05) is 36.4 Å². The van der Waals surface area contributed by atoms with Crippen LogP contribution in [0.5, 0.6) is 5.75 Å². The van der Waals surface area contributed by atoms with E-state index < -0.39 is 0 Å². The van der Waals surface area contributed by atoms with E-state index in [9.17, 15) is 9.90 Å². The van der Waals surface area contributed by atoms with Crippen LogP contribution in [0.25, 0.3) is 16.7 Å². The van der Waals surface area contributed by atoms with Crippen molar-refractivity contribution in [1.82, 2.24) is 15.0 Å². The van der Waals surface area contributed by atoms with Gasteiger partial charge in [0.25, 0.3) is 0 Å². The average Bonchev–Trinajstić information content (AvgIpc) is 3.23. The van der Waals surface area contributed by atoms with E-state index in [-0.39, 0.29) is 17.1 Å². The first-order chi connectivity index (χ1) is 16.3. The fourth-order valence-electron chi connectivity index (χ4n) is 4.08. The van der Waals surface area contributed by atoms with Crippen molar-refractivity contribution >= 4 is 17.0 Å². The number of esters is 1. The van der Waals surface area contributed by atoms with Crippen LogP contribution in [0.3, 0.4) is 0 Å². The lowest BCUT2D eigenvalue weighted by molar-refractivity contribution is -0.143. The quantitative estimate of drug-likeness (QED) is 0.239. The van der Waals surface area contributed by atoms with Gasteiger partial charge >= 0.3 is 5.97 Å². The van der Waals surface area contributed by atoms with Crippen molar-refractivity contribution in [3.8, 4) is 11.4 Å². The zero-order chi connectivity index (χ0) is 24.6. The molecule has 3 aromatic rings. The van der Waals surface area contributed by atoms with Crippen LogP contribution in [0.1, 0.15) is 90.2 Å². The van der Waals surface area contributed by atoms with Gasteiger partial charge in [0.05, 0.1) is 6.61 Å². The summed E-state index contributed by atoms with van der Waals surface area (Å²) in [6, 6.07) is 11.5. The Bertz CT molecular complexity index is 1050. The van der Waals surface area contributed by atoms with Gasteiger partial charge in [-0.15, -0.1) is 15.0 Å². The Morgan fingerprint density at radius 3 is 2.21 bits per heavy atom. The lowest BCUT2D eigenvalue weighted by Crippen LogP contribution is -2.14. The summed E-state index contributed by atoms with van der Waals surface area (Å²) in [4.78, 5) is 13.8. The Hall–Kier alpha value is -2.89. The monoisotopic (exact) mass is 465 g/mol. The van der Waals surface area contributed by atoms with E-state index in [0.29, 0.717) is 25.1 Å². The Kier molecular flexibility index (Phi) is 9.08. The minimum Gasteiger partial charge on any atom is -0.505 e. The predicted molar refractivity (Wildman–Crippen MR) is 137 cm³/mol. The van der Waals surface area contributed by atoms with Gasteiger partial charge in [0.2, 0.25) is 0 Å². The van der Waals surface area contributed by atoms with E-state index in [2.05, 4.69) is 37.9 Å². The molecule has 6 nitrogen and oxygen atoms in total. The largest absolute Gasteiger partial charge is 0.505 e. The van der Waals surface area contributed by atoms with Gasteiger partial charge in [0, 0.05) is 12.0 Å². The molecule has 0 spiro atoms. The van der Waals surface area contributed by atoms with Crippen molar-refractivity contribution < 1.29 is 14.6 Å². The van der Waals surface area contributed by atoms with E-state index in [1.54, 1.807) is 0 Å². The highest BCUT2D eigenvalue weighted by Crippen LogP contribution is 2.36. The molecule has 0 amide bonds. The summed E-state index contributed by atoms with van der Waals surface area (Å²) < 4.78 is 5.45. The van der Waals surface area contributed by atoms with Crippen LogP contribution < -0.4 is 0 Å². The third kappa shape index (κ3) is 7.05. The maximum atomic E-state index is 12.3. The third-order valence-electron chi connectivity index (χ3n) is 6.09. The second-order valence-electron chi connectivity index (χ2n) is 10.1. The number of hydrogen-bond donors (Lipinski definition) is 1. The minimum atomic E-state index is -0.279. The highest BCUT2D eigenvalue weighted by Gasteiger charge is 2.23. The summed E-state index contributed by atoms with van der Waals surface area (Å²) >= 11 is 0. The van der Waals surface area contributed by atoms with Crippen molar-refractivity contribution in [3.05, 3.63) is 47.5 Å². The van der Waals surface area contributed by atoms with E-state index in [0.717, 1.165) is 35.0 Å². The number of phenols is 1. The van der Waals surface area contributed by atoms with E-state index in [4.69, 9.17) is 4.74 Å². The number of fused-ring (bicyclic) bond motifs is 1. The number of hydrogen-bond acceptors (Lipinski definition) is 5. The molecule has 0 unspecified atom stereocenters. The molecule has 1 heterocycles.